The number of hydrogen-bond acceptors (Lipinski definition) is 4. The van der Waals surface area contributed by atoms with Gasteiger partial charge in [-0.3, -0.25) is 4.98 Å². The van der Waals surface area contributed by atoms with Crippen LogP contribution in [0, 0.1) is 0 Å². The molecule has 1 aromatic heterocycles. The topological polar surface area (TPSA) is 46.2 Å². The van der Waals surface area contributed by atoms with E-state index in [1.165, 1.54) is 0 Å². The second-order valence-corrected chi connectivity index (χ2v) is 4.78. The molecule has 1 atom stereocenters. The minimum absolute atomic E-state index is 0. The van der Waals surface area contributed by atoms with Crippen molar-refractivity contribution in [1.82, 2.24) is 10.3 Å². The third-order valence-electron chi connectivity index (χ3n) is 3.45. The first kappa shape index (κ1) is 14.9. The molecular formula is C15H20ClN3O. The first-order chi connectivity index (χ1) is 9.38. The predicted molar refractivity (Wildman–Crippen MR) is 85.1 cm³/mol. The van der Waals surface area contributed by atoms with Crippen LogP contribution in [0.2, 0.25) is 0 Å². The summed E-state index contributed by atoms with van der Waals surface area (Å²) < 4.78 is 5.64. The minimum Gasteiger partial charge on any atom is -0.492 e. The molecule has 2 N–H and O–H groups in total. The van der Waals surface area contributed by atoms with Crippen LogP contribution in [0.15, 0.2) is 30.5 Å². The van der Waals surface area contributed by atoms with Gasteiger partial charge in [-0.2, -0.15) is 0 Å². The molecule has 108 valence electrons. The molecule has 5 heteroatoms. The summed E-state index contributed by atoms with van der Waals surface area (Å²) in [6.07, 6.45) is 2.97. The van der Waals surface area contributed by atoms with Crippen LogP contribution in [0.5, 0.6) is 5.75 Å². The number of pyridine rings is 1. The summed E-state index contributed by atoms with van der Waals surface area (Å²) in [5.41, 5.74) is 2.07. The Morgan fingerprint density at radius 2 is 2.30 bits per heavy atom. The second-order valence-electron chi connectivity index (χ2n) is 4.78. The molecule has 3 rings (SSSR count). The fraction of sp³-hybridized carbons (Fsp3) is 0.400. The smallest absolute Gasteiger partial charge is 0.145 e. The number of nitrogens with one attached hydrogen (secondary N) is 2. The van der Waals surface area contributed by atoms with Crippen LogP contribution < -0.4 is 15.4 Å². The van der Waals surface area contributed by atoms with Gasteiger partial charge < -0.3 is 15.4 Å². The van der Waals surface area contributed by atoms with Crippen LogP contribution in [-0.4, -0.2) is 30.7 Å². The molecule has 0 aliphatic carbocycles. The average Bonchev–Trinajstić information content (AvgIpc) is 2.95. The predicted octanol–water partition coefficient (Wildman–Crippen LogP) is 2.83. The Morgan fingerprint density at radius 1 is 1.40 bits per heavy atom. The van der Waals surface area contributed by atoms with E-state index < -0.39 is 0 Å². The number of aromatic nitrogens is 1. The molecule has 1 saturated heterocycles. The van der Waals surface area contributed by atoms with Gasteiger partial charge in [0.2, 0.25) is 0 Å². The van der Waals surface area contributed by atoms with Crippen molar-refractivity contribution < 1.29 is 4.74 Å². The van der Waals surface area contributed by atoms with Gasteiger partial charge in [-0.15, -0.1) is 12.4 Å². The summed E-state index contributed by atoms with van der Waals surface area (Å²) in [7, 11) is 0. The lowest BCUT2D eigenvalue weighted by Crippen LogP contribution is -2.22. The van der Waals surface area contributed by atoms with Gasteiger partial charge in [-0.25, -0.2) is 0 Å². The first-order valence-electron chi connectivity index (χ1n) is 6.86. The Balaban J connectivity index is 0.00000147. The third-order valence-corrected chi connectivity index (χ3v) is 3.45. The van der Waals surface area contributed by atoms with Crippen LogP contribution in [0.4, 0.5) is 5.69 Å². The fourth-order valence-electron chi connectivity index (χ4n) is 2.54. The molecule has 1 fully saturated rings. The van der Waals surface area contributed by atoms with Crippen LogP contribution in [-0.2, 0) is 0 Å². The lowest BCUT2D eigenvalue weighted by Gasteiger charge is -2.16. The maximum atomic E-state index is 5.64. The molecule has 2 aromatic rings. The van der Waals surface area contributed by atoms with E-state index in [2.05, 4.69) is 27.8 Å². The molecule has 4 nitrogen and oxygen atoms in total. The van der Waals surface area contributed by atoms with Crippen molar-refractivity contribution in [2.45, 2.75) is 19.4 Å². The molecule has 1 aliphatic rings. The molecule has 0 amide bonds. The summed E-state index contributed by atoms with van der Waals surface area (Å²) in [6.45, 7) is 4.76. The van der Waals surface area contributed by atoms with E-state index in [-0.39, 0.29) is 12.4 Å². The number of benzene rings is 1. The van der Waals surface area contributed by atoms with Gasteiger partial charge in [0.25, 0.3) is 0 Å². The van der Waals surface area contributed by atoms with Crippen LogP contribution in [0.25, 0.3) is 10.9 Å². The van der Waals surface area contributed by atoms with Gasteiger partial charge in [0.1, 0.15) is 11.3 Å². The third kappa shape index (κ3) is 2.97. The summed E-state index contributed by atoms with van der Waals surface area (Å²) in [5.74, 6) is 0.855. The van der Waals surface area contributed by atoms with Gasteiger partial charge in [0, 0.05) is 29.9 Å². The van der Waals surface area contributed by atoms with Gasteiger partial charge in [0.05, 0.1) is 6.61 Å². The zero-order valence-electron chi connectivity index (χ0n) is 11.6. The molecule has 1 aliphatic heterocycles. The number of hydrogen-bond donors (Lipinski definition) is 2. The van der Waals surface area contributed by atoms with Crippen molar-refractivity contribution in [1.29, 1.82) is 0 Å². The second kappa shape index (κ2) is 6.77. The average molecular weight is 294 g/mol. The zero-order chi connectivity index (χ0) is 13.1. The number of halogens is 1. The van der Waals surface area contributed by atoms with Gasteiger partial charge in [0.15, 0.2) is 0 Å². The zero-order valence-corrected chi connectivity index (χ0v) is 12.4. The van der Waals surface area contributed by atoms with Crippen molar-refractivity contribution in [2.75, 3.05) is 25.0 Å². The monoisotopic (exact) mass is 293 g/mol. The molecule has 1 unspecified atom stereocenters. The molecule has 2 heterocycles. The van der Waals surface area contributed by atoms with Gasteiger partial charge in [-0.05, 0) is 44.2 Å². The van der Waals surface area contributed by atoms with Gasteiger partial charge in [-0.1, -0.05) is 0 Å². The van der Waals surface area contributed by atoms with E-state index in [1.807, 2.05) is 25.3 Å². The van der Waals surface area contributed by atoms with Crippen LogP contribution in [0.3, 0.4) is 0 Å². The Labute approximate surface area is 125 Å². The van der Waals surface area contributed by atoms with Crippen LogP contribution in [0.1, 0.15) is 13.3 Å². The van der Waals surface area contributed by atoms with Crippen LogP contribution >= 0.6 is 12.4 Å². The van der Waals surface area contributed by atoms with E-state index in [0.29, 0.717) is 12.6 Å². The Kier molecular flexibility index (Phi) is 5.04. The van der Waals surface area contributed by atoms with E-state index in [4.69, 9.17) is 4.74 Å². The van der Waals surface area contributed by atoms with E-state index >= 15 is 0 Å². The van der Waals surface area contributed by atoms with Crippen molar-refractivity contribution in [3.63, 3.8) is 0 Å². The Morgan fingerprint density at radius 3 is 3.05 bits per heavy atom. The molecule has 1 aromatic carbocycles. The molecular weight excluding hydrogens is 274 g/mol. The number of ether oxygens (including phenoxy) is 1. The normalized spacial score (nSPS) is 17.8. The molecule has 20 heavy (non-hydrogen) atoms. The quantitative estimate of drug-likeness (QED) is 0.910. The maximum absolute atomic E-state index is 5.64. The summed E-state index contributed by atoms with van der Waals surface area (Å²) in [5, 5.41) is 8.09. The number of fused-ring (bicyclic) bond motifs is 1. The lowest BCUT2D eigenvalue weighted by atomic mass is 10.1. The Hall–Kier alpha value is -1.52. The number of rotatable bonds is 4. The highest BCUT2D eigenvalue weighted by Crippen LogP contribution is 2.30. The highest BCUT2D eigenvalue weighted by atomic mass is 35.5. The molecule has 0 spiro atoms. The maximum Gasteiger partial charge on any atom is 0.145 e. The highest BCUT2D eigenvalue weighted by molar-refractivity contribution is 5.95. The number of anilines is 1. The van der Waals surface area contributed by atoms with Gasteiger partial charge >= 0.3 is 0 Å². The lowest BCUT2D eigenvalue weighted by molar-refractivity contribution is 0.343. The van der Waals surface area contributed by atoms with E-state index in [0.717, 1.165) is 41.9 Å². The Bertz CT molecular complexity index is 570. The molecule has 0 bridgehead atoms. The molecule has 0 radical (unpaired) electrons. The van der Waals surface area contributed by atoms with Crippen molar-refractivity contribution in [3.8, 4) is 5.75 Å². The van der Waals surface area contributed by atoms with E-state index in [9.17, 15) is 0 Å². The van der Waals surface area contributed by atoms with Crippen molar-refractivity contribution in [3.05, 3.63) is 30.5 Å². The summed E-state index contributed by atoms with van der Waals surface area (Å²) >= 11 is 0. The number of nitrogens with zero attached hydrogens (tertiary/aromatic N) is 1. The highest BCUT2D eigenvalue weighted by Gasteiger charge is 2.16. The van der Waals surface area contributed by atoms with Crippen molar-refractivity contribution in [2.24, 2.45) is 0 Å². The fourth-order valence-corrected chi connectivity index (χ4v) is 2.54. The first-order valence-corrected chi connectivity index (χ1v) is 6.86. The minimum atomic E-state index is 0. The SMILES string of the molecule is CCOc1ccc(NC2CCNC2)c2cccnc12.Cl. The van der Waals surface area contributed by atoms with E-state index in [1.54, 1.807) is 0 Å². The van der Waals surface area contributed by atoms with Crippen molar-refractivity contribution >= 4 is 29.0 Å². The molecule has 0 saturated carbocycles. The summed E-state index contributed by atoms with van der Waals surface area (Å²) in [4.78, 5) is 4.45. The standard InChI is InChI=1S/C15H19N3O.ClH/c1-2-19-14-6-5-13(18-11-7-9-16-10-11)12-4-3-8-17-15(12)14;/h3-6,8,11,16,18H,2,7,9-10H2,1H3;1H. The largest absolute Gasteiger partial charge is 0.492 e. The summed E-state index contributed by atoms with van der Waals surface area (Å²) in [6, 6.07) is 8.66.